The Morgan fingerprint density at radius 3 is 2.85 bits per heavy atom. The fraction of sp³-hybridized carbons (Fsp3) is 0.368. The third-order valence-corrected chi connectivity index (χ3v) is 4.85. The molecule has 1 aliphatic rings. The first-order valence-electron chi connectivity index (χ1n) is 8.74. The standard InChI is InChI=1S/C19H21N5O2/c1-12(2)17-10-15(22-19-20-11-21-24(17)19)18(25)23-8-7-16(23)13-5-4-6-14(9-13)26-3/h4-6,9-12,16H,7-8H2,1-3H3. The number of benzene rings is 1. The smallest absolute Gasteiger partial charge is 0.273 e. The summed E-state index contributed by atoms with van der Waals surface area (Å²) in [4.78, 5) is 23.5. The van der Waals surface area contributed by atoms with Crippen LogP contribution in [0.5, 0.6) is 5.75 Å². The normalized spacial score (nSPS) is 16.8. The highest BCUT2D eigenvalue weighted by molar-refractivity contribution is 5.93. The van der Waals surface area contributed by atoms with Gasteiger partial charge < -0.3 is 9.64 Å². The van der Waals surface area contributed by atoms with Crippen LogP contribution in [-0.4, -0.2) is 44.0 Å². The van der Waals surface area contributed by atoms with E-state index in [1.165, 1.54) is 6.33 Å². The molecule has 4 rings (SSSR count). The molecule has 0 aliphatic carbocycles. The molecule has 2 aromatic heterocycles. The van der Waals surface area contributed by atoms with Gasteiger partial charge in [0, 0.05) is 6.54 Å². The third-order valence-electron chi connectivity index (χ3n) is 4.85. The number of likely N-dealkylation sites (tertiary alicyclic amines) is 1. The average molecular weight is 351 g/mol. The lowest BCUT2D eigenvalue weighted by Gasteiger charge is -2.41. The second kappa shape index (κ2) is 6.40. The van der Waals surface area contributed by atoms with Crippen molar-refractivity contribution >= 4 is 11.7 Å². The van der Waals surface area contributed by atoms with Gasteiger partial charge in [0.05, 0.1) is 18.8 Å². The van der Waals surface area contributed by atoms with E-state index in [1.807, 2.05) is 35.2 Å². The molecule has 1 aromatic carbocycles. The first-order valence-corrected chi connectivity index (χ1v) is 8.74. The van der Waals surface area contributed by atoms with Crippen LogP contribution in [0.1, 0.15) is 54.0 Å². The van der Waals surface area contributed by atoms with E-state index in [0.29, 0.717) is 11.5 Å². The van der Waals surface area contributed by atoms with Gasteiger partial charge in [-0.15, -0.1) is 0 Å². The van der Waals surface area contributed by atoms with Crippen molar-refractivity contribution in [1.82, 2.24) is 24.5 Å². The first-order chi connectivity index (χ1) is 12.6. The van der Waals surface area contributed by atoms with Crippen molar-refractivity contribution in [2.45, 2.75) is 32.2 Å². The highest BCUT2D eigenvalue weighted by Gasteiger charge is 2.35. The first kappa shape index (κ1) is 16.5. The summed E-state index contributed by atoms with van der Waals surface area (Å²) in [7, 11) is 1.65. The van der Waals surface area contributed by atoms with Gasteiger partial charge in [0.2, 0.25) is 0 Å². The maximum Gasteiger partial charge on any atom is 0.273 e. The molecule has 0 saturated carbocycles. The van der Waals surface area contributed by atoms with Gasteiger partial charge in [0.1, 0.15) is 17.8 Å². The van der Waals surface area contributed by atoms with Crippen molar-refractivity contribution in [3.05, 3.63) is 53.6 Å². The van der Waals surface area contributed by atoms with Gasteiger partial charge in [-0.25, -0.2) is 9.50 Å². The number of hydrogen-bond donors (Lipinski definition) is 0. The van der Waals surface area contributed by atoms with Crippen LogP contribution in [0.4, 0.5) is 0 Å². The van der Waals surface area contributed by atoms with Crippen molar-refractivity contribution in [1.29, 1.82) is 0 Å². The lowest BCUT2D eigenvalue weighted by atomic mass is 9.94. The monoisotopic (exact) mass is 351 g/mol. The summed E-state index contributed by atoms with van der Waals surface area (Å²) < 4.78 is 6.99. The summed E-state index contributed by atoms with van der Waals surface area (Å²) in [6, 6.07) is 9.75. The number of fused-ring (bicyclic) bond motifs is 1. The topological polar surface area (TPSA) is 72.6 Å². The number of amides is 1. The van der Waals surface area contributed by atoms with Crippen molar-refractivity contribution in [2.24, 2.45) is 0 Å². The van der Waals surface area contributed by atoms with E-state index in [2.05, 4.69) is 28.9 Å². The predicted molar refractivity (Wildman–Crippen MR) is 96.3 cm³/mol. The zero-order valence-electron chi connectivity index (χ0n) is 15.1. The quantitative estimate of drug-likeness (QED) is 0.723. The van der Waals surface area contributed by atoms with Crippen molar-refractivity contribution in [3.63, 3.8) is 0 Å². The molecule has 3 heterocycles. The number of hydrogen-bond acceptors (Lipinski definition) is 5. The maximum absolute atomic E-state index is 13.1. The molecule has 0 N–H and O–H groups in total. The molecule has 1 saturated heterocycles. The Labute approximate surface area is 151 Å². The van der Waals surface area contributed by atoms with Gasteiger partial charge in [0.15, 0.2) is 0 Å². The fourth-order valence-electron chi connectivity index (χ4n) is 3.33. The van der Waals surface area contributed by atoms with Crippen LogP contribution in [-0.2, 0) is 0 Å². The highest BCUT2D eigenvalue weighted by Crippen LogP contribution is 2.35. The van der Waals surface area contributed by atoms with Crippen molar-refractivity contribution in [2.75, 3.05) is 13.7 Å². The average Bonchev–Trinajstić information content (AvgIpc) is 3.08. The van der Waals surface area contributed by atoms with E-state index in [4.69, 9.17) is 4.74 Å². The Hall–Kier alpha value is -2.96. The molecule has 7 nitrogen and oxygen atoms in total. The molecule has 134 valence electrons. The summed E-state index contributed by atoms with van der Waals surface area (Å²) in [5, 5.41) is 4.21. The SMILES string of the molecule is COc1cccc(C2CCN2C(=O)c2cc(C(C)C)n3ncnc3n2)c1. The molecule has 1 amide bonds. The maximum atomic E-state index is 13.1. The Kier molecular flexibility index (Phi) is 4.06. The lowest BCUT2D eigenvalue weighted by molar-refractivity contribution is 0.0453. The van der Waals surface area contributed by atoms with Crippen LogP contribution in [0, 0.1) is 0 Å². The zero-order valence-corrected chi connectivity index (χ0v) is 15.1. The third kappa shape index (κ3) is 2.69. The molecule has 7 heteroatoms. The van der Waals surface area contributed by atoms with Crippen LogP contribution < -0.4 is 4.74 Å². The van der Waals surface area contributed by atoms with E-state index in [9.17, 15) is 4.79 Å². The second-order valence-corrected chi connectivity index (χ2v) is 6.77. The molecule has 26 heavy (non-hydrogen) atoms. The molecule has 0 radical (unpaired) electrons. The minimum absolute atomic E-state index is 0.0518. The Morgan fingerprint density at radius 2 is 2.15 bits per heavy atom. The molecule has 1 aliphatic heterocycles. The van der Waals surface area contributed by atoms with E-state index < -0.39 is 0 Å². The molecule has 1 unspecified atom stereocenters. The molecular weight excluding hydrogens is 330 g/mol. The largest absolute Gasteiger partial charge is 0.497 e. The van der Waals surface area contributed by atoms with Gasteiger partial charge in [-0.2, -0.15) is 10.1 Å². The van der Waals surface area contributed by atoms with Crippen LogP contribution in [0.15, 0.2) is 36.7 Å². The minimum Gasteiger partial charge on any atom is -0.497 e. The van der Waals surface area contributed by atoms with Gasteiger partial charge in [-0.05, 0) is 36.1 Å². The molecule has 3 aromatic rings. The predicted octanol–water partition coefficient (Wildman–Crippen LogP) is 2.84. The van der Waals surface area contributed by atoms with Crippen molar-refractivity contribution in [3.8, 4) is 5.75 Å². The summed E-state index contributed by atoms with van der Waals surface area (Å²) in [5.41, 5.74) is 2.42. The molecule has 0 bridgehead atoms. The van der Waals surface area contributed by atoms with Crippen molar-refractivity contribution < 1.29 is 9.53 Å². The minimum atomic E-state index is -0.0727. The van der Waals surface area contributed by atoms with Gasteiger partial charge >= 0.3 is 0 Å². The summed E-state index contributed by atoms with van der Waals surface area (Å²) >= 11 is 0. The van der Waals surface area contributed by atoms with Crippen LogP contribution in [0.2, 0.25) is 0 Å². The summed E-state index contributed by atoms with van der Waals surface area (Å²) in [6.45, 7) is 4.85. The van der Waals surface area contributed by atoms with E-state index in [1.54, 1.807) is 11.6 Å². The summed E-state index contributed by atoms with van der Waals surface area (Å²) in [5.74, 6) is 1.39. The zero-order chi connectivity index (χ0) is 18.3. The second-order valence-electron chi connectivity index (χ2n) is 6.77. The molecule has 1 fully saturated rings. The van der Waals surface area contributed by atoms with Crippen LogP contribution >= 0.6 is 0 Å². The van der Waals surface area contributed by atoms with E-state index in [-0.39, 0.29) is 17.9 Å². The van der Waals surface area contributed by atoms with E-state index in [0.717, 1.165) is 30.0 Å². The number of carbonyl (C=O) groups is 1. The molecular formula is C19H21N5O2. The fourth-order valence-corrected chi connectivity index (χ4v) is 3.33. The lowest BCUT2D eigenvalue weighted by Crippen LogP contribution is -2.45. The molecule has 1 atom stereocenters. The van der Waals surface area contributed by atoms with Gasteiger partial charge in [0.25, 0.3) is 11.7 Å². The van der Waals surface area contributed by atoms with Crippen LogP contribution in [0.25, 0.3) is 5.78 Å². The number of rotatable bonds is 4. The van der Waals surface area contributed by atoms with Crippen LogP contribution in [0.3, 0.4) is 0 Å². The van der Waals surface area contributed by atoms with E-state index >= 15 is 0 Å². The van der Waals surface area contributed by atoms with Gasteiger partial charge in [-0.3, -0.25) is 4.79 Å². The number of aromatic nitrogens is 4. The number of carbonyl (C=O) groups excluding carboxylic acids is 1. The number of nitrogens with zero attached hydrogens (tertiary/aromatic N) is 5. The summed E-state index contributed by atoms with van der Waals surface area (Å²) in [6.07, 6.45) is 2.40. The Morgan fingerprint density at radius 1 is 1.31 bits per heavy atom. The van der Waals surface area contributed by atoms with Gasteiger partial charge in [-0.1, -0.05) is 26.0 Å². The number of methoxy groups -OCH3 is 1. The highest BCUT2D eigenvalue weighted by atomic mass is 16.5. The Bertz CT molecular complexity index is 965. The molecule has 0 spiro atoms. The number of ether oxygens (including phenoxy) is 1. The Balaban J connectivity index is 1.66.